The standard InChI is InChI=1S/C24H27N3O5S/c1-16-20-22(33-21(16)24(30)32-13-12-31-18-10-6-3-7-11-18)25-15-27(23(20)29)14-19(28)26-17-8-4-2-5-9-17/h3,6-7,10-11,15,17H,2,4-5,8-9,12-14H2,1H3,(H,26,28). The molecule has 0 aliphatic heterocycles. The molecule has 1 amide bonds. The van der Waals surface area contributed by atoms with E-state index in [2.05, 4.69) is 10.3 Å². The summed E-state index contributed by atoms with van der Waals surface area (Å²) in [6.45, 7) is 1.91. The van der Waals surface area contributed by atoms with Gasteiger partial charge in [-0.1, -0.05) is 37.5 Å². The molecule has 0 spiro atoms. The Bertz CT molecular complexity index is 1180. The van der Waals surface area contributed by atoms with Crippen molar-refractivity contribution in [3.63, 3.8) is 0 Å². The van der Waals surface area contributed by atoms with Crippen molar-refractivity contribution in [2.75, 3.05) is 13.2 Å². The van der Waals surface area contributed by atoms with Crippen LogP contribution in [0.5, 0.6) is 5.75 Å². The van der Waals surface area contributed by atoms with Gasteiger partial charge in [-0.2, -0.15) is 0 Å². The first-order valence-corrected chi connectivity index (χ1v) is 12.0. The quantitative estimate of drug-likeness (QED) is 0.401. The molecule has 2 heterocycles. The second kappa shape index (κ2) is 10.6. The lowest BCUT2D eigenvalue weighted by Crippen LogP contribution is -2.39. The van der Waals surface area contributed by atoms with Gasteiger partial charge in [0.25, 0.3) is 5.56 Å². The van der Waals surface area contributed by atoms with E-state index in [-0.39, 0.29) is 37.3 Å². The van der Waals surface area contributed by atoms with Gasteiger partial charge in [-0.25, -0.2) is 9.78 Å². The third kappa shape index (κ3) is 5.60. The summed E-state index contributed by atoms with van der Waals surface area (Å²) in [6, 6.07) is 9.44. The fraction of sp³-hybridized carbons (Fsp3) is 0.417. The van der Waals surface area contributed by atoms with Gasteiger partial charge in [0.15, 0.2) is 0 Å². The van der Waals surface area contributed by atoms with E-state index >= 15 is 0 Å². The third-order valence-electron chi connectivity index (χ3n) is 5.72. The van der Waals surface area contributed by atoms with Crippen molar-refractivity contribution < 1.29 is 19.1 Å². The Kier molecular flexibility index (Phi) is 7.39. The van der Waals surface area contributed by atoms with Crippen LogP contribution in [0.1, 0.15) is 47.3 Å². The number of fused-ring (bicyclic) bond motifs is 1. The highest BCUT2D eigenvalue weighted by molar-refractivity contribution is 7.20. The van der Waals surface area contributed by atoms with E-state index in [0.29, 0.717) is 26.4 Å². The van der Waals surface area contributed by atoms with Crippen LogP contribution in [0.2, 0.25) is 0 Å². The van der Waals surface area contributed by atoms with Crippen LogP contribution in [0.15, 0.2) is 41.5 Å². The number of nitrogens with zero attached hydrogens (tertiary/aromatic N) is 2. The number of rotatable bonds is 8. The van der Waals surface area contributed by atoms with Gasteiger partial charge in [0, 0.05) is 6.04 Å². The highest BCUT2D eigenvalue weighted by Crippen LogP contribution is 2.27. The van der Waals surface area contributed by atoms with E-state index in [1.54, 1.807) is 6.92 Å². The van der Waals surface area contributed by atoms with Crippen LogP contribution >= 0.6 is 11.3 Å². The smallest absolute Gasteiger partial charge is 0.348 e. The fourth-order valence-electron chi connectivity index (χ4n) is 4.02. The van der Waals surface area contributed by atoms with Crippen molar-refractivity contribution in [2.24, 2.45) is 0 Å². The fourth-order valence-corrected chi connectivity index (χ4v) is 5.05. The number of carbonyl (C=O) groups excluding carboxylic acids is 2. The number of ether oxygens (including phenoxy) is 2. The highest BCUT2D eigenvalue weighted by Gasteiger charge is 2.22. The maximum absolute atomic E-state index is 13.0. The summed E-state index contributed by atoms with van der Waals surface area (Å²) in [5.41, 5.74) is 0.183. The van der Waals surface area contributed by atoms with Gasteiger partial charge < -0.3 is 14.8 Å². The molecule has 8 nitrogen and oxygen atoms in total. The van der Waals surface area contributed by atoms with Crippen molar-refractivity contribution in [1.82, 2.24) is 14.9 Å². The SMILES string of the molecule is Cc1c(C(=O)OCCOc2ccccc2)sc2ncn(CC(=O)NC3CCCCC3)c(=O)c12. The van der Waals surface area contributed by atoms with Gasteiger partial charge in [-0.15, -0.1) is 11.3 Å². The zero-order valence-electron chi connectivity index (χ0n) is 18.5. The number of nitrogens with one attached hydrogen (secondary N) is 1. The number of para-hydroxylation sites is 1. The van der Waals surface area contributed by atoms with E-state index in [1.165, 1.54) is 17.3 Å². The molecule has 1 aliphatic carbocycles. The molecule has 1 aliphatic rings. The molecular formula is C24H27N3O5S. The number of aromatic nitrogens is 2. The Morgan fingerprint density at radius 3 is 2.67 bits per heavy atom. The normalized spacial score (nSPS) is 14.2. The van der Waals surface area contributed by atoms with Gasteiger partial charge in [0.05, 0.1) is 11.7 Å². The van der Waals surface area contributed by atoms with E-state index in [4.69, 9.17) is 9.47 Å². The second-order valence-electron chi connectivity index (χ2n) is 8.11. The van der Waals surface area contributed by atoms with Crippen LogP contribution in [0.3, 0.4) is 0 Å². The topological polar surface area (TPSA) is 99.5 Å². The first-order chi connectivity index (χ1) is 16.0. The Morgan fingerprint density at radius 1 is 1.15 bits per heavy atom. The summed E-state index contributed by atoms with van der Waals surface area (Å²) in [5.74, 6) is -0.0203. The molecular weight excluding hydrogens is 442 g/mol. The molecule has 0 atom stereocenters. The van der Waals surface area contributed by atoms with Crippen LogP contribution in [-0.2, 0) is 16.1 Å². The Hall–Kier alpha value is -3.20. The number of benzene rings is 1. The average Bonchev–Trinajstić information content (AvgIpc) is 3.17. The van der Waals surface area contributed by atoms with Gasteiger partial charge in [-0.05, 0) is 37.5 Å². The zero-order chi connectivity index (χ0) is 23.2. The lowest BCUT2D eigenvalue weighted by molar-refractivity contribution is -0.122. The Balaban J connectivity index is 1.40. The molecule has 174 valence electrons. The number of hydrogen-bond acceptors (Lipinski definition) is 7. The third-order valence-corrected chi connectivity index (χ3v) is 6.90. The van der Waals surface area contributed by atoms with Crippen molar-refractivity contribution >= 4 is 33.4 Å². The molecule has 1 saturated carbocycles. The molecule has 0 bridgehead atoms. The minimum Gasteiger partial charge on any atom is -0.490 e. The maximum Gasteiger partial charge on any atom is 0.348 e. The van der Waals surface area contributed by atoms with E-state index in [1.807, 2.05) is 30.3 Å². The number of aryl methyl sites for hydroxylation is 1. The molecule has 0 radical (unpaired) electrons. The molecule has 1 N–H and O–H groups in total. The van der Waals surface area contributed by atoms with Crippen molar-refractivity contribution in [2.45, 2.75) is 51.6 Å². The average molecular weight is 470 g/mol. The molecule has 33 heavy (non-hydrogen) atoms. The molecule has 9 heteroatoms. The van der Waals surface area contributed by atoms with Gasteiger partial charge in [-0.3, -0.25) is 14.2 Å². The summed E-state index contributed by atoms with van der Waals surface area (Å²) in [6.07, 6.45) is 6.75. The summed E-state index contributed by atoms with van der Waals surface area (Å²) in [5, 5.41) is 3.36. The molecule has 0 unspecified atom stereocenters. The predicted octanol–water partition coefficient (Wildman–Crippen LogP) is 3.45. The number of thiophene rings is 1. The number of amides is 1. The van der Waals surface area contributed by atoms with Crippen LogP contribution < -0.4 is 15.6 Å². The second-order valence-corrected chi connectivity index (χ2v) is 9.11. The summed E-state index contributed by atoms with van der Waals surface area (Å²) >= 11 is 1.12. The van der Waals surface area contributed by atoms with Crippen LogP contribution in [0, 0.1) is 6.92 Å². The molecule has 4 rings (SSSR count). The minimum absolute atomic E-state index is 0.0837. The number of carbonyl (C=O) groups is 2. The molecule has 3 aromatic rings. The molecule has 1 fully saturated rings. The van der Waals surface area contributed by atoms with Gasteiger partial charge in [0.1, 0.15) is 35.2 Å². The van der Waals surface area contributed by atoms with Gasteiger partial charge >= 0.3 is 5.97 Å². The lowest BCUT2D eigenvalue weighted by atomic mass is 9.95. The van der Waals surface area contributed by atoms with Crippen molar-refractivity contribution in [3.8, 4) is 5.75 Å². The number of hydrogen-bond donors (Lipinski definition) is 1. The summed E-state index contributed by atoms with van der Waals surface area (Å²) in [4.78, 5) is 43.1. The molecule has 1 aromatic carbocycles. The van der Waals surface area contributed by atoms with Crippen molar-refractivity contribution in [1.29, 1.82) is 0 Å². The summed E-state index contributed by atoms with van der Waals surface area (Å²) < 4.78 is 12.2. The van der Waals surface area contributed by atoms with E-state index < -0.39 is 5.97 Å². The largest absolute Gasteiger partial charge is 0.490 e. The van der Waals surface area contributed by atoms with Crippen molar-refractivity contribution in [3.05, 3.63) is 57.5 Å². The Morgan fingerprint density at radius 2 is 1.91 bits per heavy atom. The van der Waals surface area contributed by atoms with Crippen LogP contribution in [-0.4, -0.2) is 40.7 Å². The Labute approximate surface area is 195 Å². The van der Waals surface area contributed by atoms with Gasteiger partial charge in [0.2, 0.25) is 5.91 Å². The monoisotopic (exact) mass is 469 g/mol. The molecule has 0 saturated heterocycles. The molecule has 2 aromatic heterocycles. The first-order valence-electron chi connectivity index (χ1n) is 11.2. The van der Waals surface area contributed by atoms with E-state index in [9.17, 15) is 14.4 Å². The minimum atomic E-state index is -0.520. The first kappa shape index (κ1) is 23.0. The van der Waals surface area contributed by atoms with Crippen LogP contribution in [0.25, 0.3) is 10.2 Å². The van der Waals surface area contributed by atoms with Crippen LogP contribution in [0.4, 0.5) is 0 Å². The predicted molar refractivity (Wildman–Crippen MR) is 126 cm³/mol. The van der Waals surface area contributed by atoms with E-state index in [0.717, 1.165) is 37.0 Å². The maximum atomic E-state index is 13.0. The highest BCUT2D eigenvalue weighted by atomic mass is 32.1. The lowest BCUT2D eigenvalue weighted by Gasteiger charge is -2.22. The number of esters is 1. The zero-order valence-corrected chi connectivity index (χ0v) is 19.4. The summed E-state index contributed by atoms with van der Waals surface area (Å²) in [7, 11) is 0.